The lowest BCUT2D eigenvalue weighted by atomic mass is 10.1. The van der Waals surface area contributed by atoms with Crippen LogP contribution in [0.1, 0.15) is 32.8 Å². The van der Waals surface area contributed by atoms with E-state index in [9.17, 15) is 33.4 Å². The van der Waals surface area contributed by atoms with Gasteiger partial charge in [0, 0.05) is 24.3 Å². The predicted molar refractivity (Wildman–Crippen MR) is 112 cm³/mol. The van der Waals surface area contributed by atoms with Crippen LogP contribution in [0.2, 0.25) is 0 Å². The molecule has 2 aromatic carbocycles. The summed E-state index contributed by atoms with van der Waals surface area (Å²) in [5.74, 6) is -0.898. The van der Waals surface area contributed by atoms with E-state index in [0.717, 1.165) is 24.3 Å². The fraction of sp³-hybridized carbons (Fsp3) is 0.350. The van der Waals surface area contributed by atoms with Crippen molar-refractivity contribution in [1.82, 2.24) is 0 Å². The molecule has 0 N–H and O–H groups in total. The van der Waals surface area contributed by atoms with Gasteiger partial charge in [-0.1, -0.05) is 12.1 Å². The van der Waals surface area contributed by atoms with E-state index in [-0.39, 0.29) is 29.1 Å². The van der Waals surface area contributed by atoms with Crippen LogP contribution in [-0.2, 0) is 30.3 Å². The van der Waals surface area contributed by atoms with Gasteiger partial charge in [-0.15, -0.1) is 0 Å². The second-order valence-electron chi connectivity index (χ2n) is 7.79. The minimum atomic E-state index is -4.44. The van der Waals surface area contributed by atoms with Gasteiger partial charge in [0.1, 0.15) is 5.60 Å². The quantitative estimate of drug-likeness (QED) is 0.233. The van der Waals surface area contributed by atoms with E-state index in [0.29, 0.717) is 5.56 Å². The molecule has 0 unspecified atom stereocenters. The third kappa shape index (κ3) is 7.10. The van der Waals surface area contributed by atoms with Crippen molar-refractivity contribution in [2.75, 3.05) is 0 Å². The number of ether oxygens (including phenoxy) is 1. The highest BCUT2D eigenvalue weighted by Gasteiger charge is 2.31. The summed E-state index contributed by atoms with van der Waals surface area (Å²) < 4.78 is 35.7. The number of hydrogen-bond acceptors (Lipinski definition) is 9. The highest BCUT2D eigenvalue weighted by Crippen LogP contribution is 2.22. The van der Waals surface area contributed by atoms with Crippen LogP contribution >= 0.6 is 0 Å². The Bertz CT molecular complexity index is 1090. The van der Waals surface area contributed by atoms with E-state index < -0.39 is 37.6 Å². The average Bonchev–Trinajstić information content (AvgIpc) is 2.70. The zero-order chi connectivity index (χ0) is 24.1. The number of rotatable bonds is 9. The van der Waals surface area contributed by atoms with Crippen LogP contribution in [0.25, 0.3) is 0 Å². The van der Waals surface area contributed by atoms with Crippen molar-refractivity contribution in [1.29, 1.82) is 0 Å². The molecule has 0 aliphatic heterocycles. The lowest BCUT2D eigenvalue weighted by Gasteiger charge is -2.24. The first kappa shape index (κ1) is 24.9. The summed E-state index contributed by atoms with van der Waals surface area (Å²) in [6, 6.07) is 9.62. The number of benzene rings is 2. The molecule has 2 rings (SSSR count). The second kappa shape index (κ2) is 9.83. The van der Waals surface area contributed by atoms with Gasteiger partial charge in [-0.3, -0.25) is 24.4 Å². The maximum atomic E-state index is 12.6. The Hall–Kier alpha value is -3.38. The zero-order valence-electron chi connectivity index (χ0n) is 17.6. The van der Waals surface area contributed by atoms with Gasteiger partial charge in [-0.2, -0.15) is 8.42 Å². The standard InChI is InChI=1S/C20H22N2O9S/c1-20(2,3)30-19(23)18(13-6-14-4-7-15(8-5-14)21(24)25)31-32(28,29)17-11-9-16(10-12-17)22(26)27/h4-5,7-12,18H,6,13H2,1-3H3/t18-/m1/s1. The molecule has 0 amide bonds. The number of esters is 1. The molecule has 2 aromatic rings. The van der Waals surface area contributed by atoms with Gasteiger partial charge in [0.25, 0.3) is 21.5 Å². The number of carbonyl (C=O) groups is 1. The van der Waals surface area contributed by atoms with Crippen molar-refractivity contribution >= 4 is 27.5 Å². The molecule has 172 valence electrons. The smallest absolute Gasteiger partial charge is 0.337 e. The summed E-state index contributed by atoms with van der Waals surface area (Å²) in [7, 11) is -4.44. The summed E-state index contributed by atoms with van der Waals surface area (Å²) in [5.41, 5.74) is -0.677. The highest BCUT2D eigenvalue weighted by atomic mass is 32.2. The lowest BCUT2D eigenvalue weighted by Crippen LogP contribution is -2.35. The van der Waals surface area contributed by atoms with Gasteiger partial charge in [0.15, 0.2) is 6.10 Å². The third-order valence-electron chi connectivity index (χ3n) is 4.09. The number of nitro groups is 2. The first-order valence-electron chi connectivity index (χ1n) is 9.42. The van der Waals surface area contributed by atoms with E-state index in [1.165, 1.54) is 24.3 Å². The van der Waals surface area contributed by atoms with E-state index in [4.69, 9.17) is 8.92 Å². The Labute approximate surface area is 184 Å². The molecule has 0 radical (unpaired) electrons. The van der Waals surface area contributed by atoms with Crippen molar-refractivity contribution in [3.05, 3.63) is 74.3 Å². The predicted octanol–water partition coefficient (Wildman–Crippen LogP) is 3.55. The topological polar surface area (TPSA) is 156 Å². The van der Waals surface area contributed by atoms with Crippen LogP contribution in [0.4, 0.5) is 11.4 Å². The number of nitro benzene ring substituents is 2. The molecule has 32 heavy (non-hydrogen) atoms. The largest absolute Gasteiger partial charge is 0.458 e. The van der Waals surface area contributed by atoms with Crippen LogP contribution < -0.4 is 0 Å². The number of hydrogen-bond donors (Lipinski definition) is 0. The first-order valence-corrected chi connectivity index (χ1v) is 10.8. The van der Waals surface area contributed by atoms with Crippen molar-refractivity contribution < 1.29 is 32.0 Å². The van der Waals surface area contributed by atoms with Gasteiger partial charge >= 0.3 is 5.97 Å². The van der Waals surface area contributed by atoms with Gasteiger partial charge in [0.2, 0.25) is 0 Å². The molecule has 0 aliphatic rings. The first-order chi connectivity index (χ1) is 14.8. The molecule has 0 heterocycles. The Morgan fingerprint density at radius 2 is 1.41 bits per heavy atom. The molecule has 0 fully saturated rings. The third-order valence-corrected chi connectivity index (χ3v) is 5.43. The molecule has 0 saturated carbocycles. The summed E-state index contributed by atoms with van der Waals surface area (Å²) in [6.07, 6.45) is -1.40. The second-order valence-corrected chi connectivity index (χ2v) is 9.36. The summed E-state index contributed by atoms with van der Waals surface area (Å²) in [6.45, 7) is 4.84. The monoisotopic (exact) mass is 466 g/mol. The fourth-order valence-corrected chi connectivity index (χ4v) is 3.66. The number of carbonyl (C=O) groups excluding carboxylic acids is 1. The van der Waals surface area contributed by atoms with E-state index in [2.05, 4.69) is 0 Å². The van der Waals surface area contributed by atoms with E-state index in [1.807, 2.05) is 0 Å². The maximum Gasteiger partial charge on any atom is 0.337 e. The summed E-state index contributed by atoms with van der Waals surface area (Å²) in [4.78, 5) is 32.5. The van der Waals surface area contributed by atoms with Crippen LogP contribution in [-0.4, -0.2) is 35.9 Å². The van der Waals surface area contributed by atoms with Gasteiger partial charge in [0.05, 0.1) is 14.7 Å². The molecule has 0 spiro atoms. The minimum Gasteiger partial charge on any atom is -0.458 e. The summed E-state index contributed by atoms with van der Waals surface area (Å²) >= 11 is 0. The molecule has 0 aliphatic carbocycles. The van der Waals surface area contributed by atoms with E-state index in [1.54, 1.807) is 20.8 Å². The number of aryl methyl sites for hydroxylation is 1. The Morgan fingerprint density at radius 3 is 1.84 bits per heavy atom. The van der Waals surface area contributed by atoms with Crippen LogP contribution in [0.5, 0.6) is 0 Å². The fourth-order valence-electron chi connectivity index (χ4n) is 2.60. The SMILES string of the molecule is CC(C)(C)OC(=O)[C@@H](CCc1ccc([N+](=O)[O-])cc1)OS(=O)(=O)c1ccc([N+](=O)[O-])cc1. The average molecular weight is 466 g/mol. The van der Waals surface area contributed by atoms with Crippen molar-refractivity contribution in [3.8, 4) is 0 Å². The summed E-state index contributed by atoms with van der Waals surface area (Å²) in [5, 5.41) is 21.5. The minimum absolute atomic E-state index is 0.0844. The molecule has 0 aromatic heterocycles. The molecule has 0 saturated heterocycles. The normalized spacial score (nSPS) is 12.7. The molecule has 12 heteroatoms. The molecule has 0 bridgehead atoms. The Morgan fingerprint density at radius 1 is 0.938 bits per heavy atom. The van der Waals surface area contributed by atoms with Crippen molar-refractivity contribution in [2.45, 2.75) is 50.2 Å². The van der Waals surface area contributed by atoms with Gasteiger partial charge in [-0.25, -0.2) is 4.79 Å². The zero-order valence-corrected chi connectivity index (χ0v) is 18.4. The van der Waals surface area contributed by atoms with Crippen LogP contribution in [0, 0.1) is 20.2 Å². The number of nitrogens with zero attached hydrogens (tertiary/aromatic N) is 2. The van der Waals surface area contributed by atoms with Crippen molar-refractivity contribution in [3.63, 3.8) is 0 Å². The Kier molecular flexibility index (Phi) is 7.65. The molecule has 11 nitrogen and oxygen atoms in total. The molecule has 1 atom stereocenters. The molecular weight excluding hydrogens is 444 g/mol. The maximum absolute atomic E-state index is 12.6. The Balaban J connectivity index is 2.22. The van der Waals surface area contributed by atoms with Crippen molar-refractivity contribution in [2.24, 2.45) is 0 Å². The van der Waals surface area contributed by atoms with Crippen LogP contribution in [0.3, 0.4) is 0 Å². The number of non-ortho nitro benzene ring substituents is 2. The van der Waals surface area contributed by atoms with Gasteiger partial charge in [-0.05, 0) is 51.3 Å². The van der Waals surface area contributed by atoms with Crippen LogP contribution in [0.15, 0.2) is 53.4 Å². The van der Waals surface area contributed by atoms with E-state index >= 15 is 0 Å². The lowest BCUT2D eigenvalue weighted by molar-refractivity contribution is -0.385. The molecular formula is C20H22N2O9S. The van der Waals surface area contributed by atoms with Gasteiger partial charge < -0.3 is 4.74 Å². The highest BCUT2D eigenvalue weighted by molar-refractivity contribution is 7.86.